The Hall–Kier alpha value is -2.70. The van der Waals surface area contributed by atoms with Gasteiger partial charge in [0.15, 0.2) is 0 Å². The monoisotopic (exact) mass is 423 g/mol. The topological polar surface area (TPSA) is 81.7 Å². The third-order valence-corrected chi connectivity index (χ3v) is 5.00. The number of hydrogen-bond acceptors (Lipinski definition) is 4. The molecular formula is C25H33N3O3. The van der Waals surface area contributed by atoms with Crippen molar-refractivity contribution in [3.8, 4) is 0 Å². The number of carbonyl (C=O) groups excluding carboxylic acids is 2. The van der Waals surface area contributed by atoms with Crippen LogP contribution in [0.1, 0.15) is 55.6 Å². The molecule has 1 unspecified atom stereocenters. The van der Waals surface area contributed by atoms with Crippen LogP contribution in [-0.4, -0.2) is 47.5 Å². The van der Waals surface area contributed by atoms with Crippen LogP contribution in [0.2, 0.25) is 0 Å². The first-order chi connectivity index (χ1) is 14.7. The summed E-state index contributed by atoms with van der Waals surface area (Å²) in [6, 6.07) is 16.7. The Labute approximate surface area is 184 Å². The van der Waals surface area contributed by atoms with Crippen molar-refractivity contribution in [1.82, 2.24) is 10.2 Å². The highest BCUT2D eigenvalue weighted by atomic mass is 16.3. The van der Waals surface area contributed by atoms with Gasteiger partial charge in [-0.3, -0.25) is 14.5 Å². The number of amides is 2. The zero-order valence-corrected chi connectivity index (χ0v) is 18.6. The van der Waals surface area contributed by atoms with Gasteiger partial charge >= 0.3 is 0 Å². The van der Waals surface area contributed by atoms with Crippen LogP contribution in [0.25, 0.3) is 0 Å². The Morgan fingerprint density at radius 1 is 1.10 bits per heavy atom. The van der Waals surface area contributed by atoms with Crippen LogP contribution in [0, 0.1) is 5.41 Å². The van der Waals surface area contributed by atoms with Crippen molar-refractivity contribution in [3.63, 3.8) is 0 Å². The molecule has 1 fully saturated rings. The van der Waals surface area contributed by atoms with Gasteiger partial charge in [0, 0.05) is 30.4 Å². The van der Waals surface area contributed by atoms with Gasteiger partial charge in [0.1, 0.15) is 0 Å². The van der Waals surface area contributed by atoms with Crippen LogP contribution in [-0.2, 0) is 4.79 Å². The second kappa shape index (κ2) is 10.1. The second-order valence-electron chi connectivity index (χ2n) is 9.53. The van der Waals surface area contributed by atoms with E-state index >= 15 is 0 Å². The molecule has 2 aromatic rings. The number of nitrogens with one attached hydrogen (secondary N) is 2. The van der Waals surface area contributed by atoms with Crippen molar-refractivity contribution in [2.75, 3.05) is 25.0 Å². The van der Waals surface area contributed by atoms with Crippen LogP contribution >= 0.6 is 0 Å². The van der Waals surface area contributed by atoms with E-state index in [-0.39, 0.29) is 29.8 Å². The Kier molecular flexibility index (Phi) is 7.46. The Morgan fingerprint density at radius 3 is 2.45 bits per heavy atom. The average Bonchev–Trinajstić information content (AvgIpc) is 3.51. The van der Waals surface area contributed by atoms with E-state index in [1.807, 2.05) is 35.2 Å². The summed E-state index contributed by atoms with van der Waals surface area (Å²) in [7, 11) is 0. The van der Waals surface area contributed by atoms with Crippen molar-refractivity contribution in [2.24, 2.45) is 5.41 Å². The smallest absolute Gasteiger partial charge is 0.251 e. The highest BCUT2D eigenvalue weighted by Gasteiger charge is 2.24. The van der Waals surface area contributed by atoms with Crippen molar-refractivity contribution >= 4 is 17.5 Å². The van der Waals surface area contributed by atoms with Crippen molar-refractivity contribution in [1.29, 1.82) is 0 Å². The maximum Gasteiger partial charge on any atom is 0.251 e. The lowest BCUT2D eigenvalue weighted by molar-refractivity contribution is -0.117. The first-order valence-corrected chi connectivity index (χ1v) is 10.9. The van der Waals surface area contributed by atoms with Crippen LogP contribution in [0.5, 0.6) is 0 Å². The van der Waals surface area contributed by atoms with Crippen LogP contribution in [0.4, 0.5) is 5.69 Å². The number of aliphatic hydroxyl groups is 1. The van der Waals surface area contributed by atoms with Gasteiger partial charge in [-0.25, -0.2) is 0 Å². The molecule has 3 N–H and O–H groups in total. The Balaban J connectivity index is 1.62. The van der Waals surface area contributed by atoms with Gasteiger partial charge in [-0.15, -0.1) is 0 Å². The minimum Gasteiger partial charge on any atom is -0.387 e. The van der Waals surface area contributed by atoms with Crippen molar-refractivity contribution in [2.45, 2.75) is 45.8 Å². The molecule has 1 saturated carbocycles. The molecule has 0 heterocycles. The van der Waals surface area contributed by atoms with E-state index in [1.165, 1.54) is 0 Å². The minimum absolute atomic E-state index is 0.0303. The van der Waals surface area contributed by atoms with Crippen molar-refractivity contribution < 1.29 is 14.7 Å². The van der Waals surface area contributed by atoms with Gasteiger partial charge in [0.25, 0.3) is 5.91 Å². The van der Waals surface area contributed by atoms with E-state index in [0.717, 1.165) is 18.4 Å². The lowest BCUT2D eigenvalue weighted by Gasteiger charge is -2.31. The largest absolute Gasteiger partial charge is 0.387 e. The molecule has 2 aromatic carbocycles. The highest BCUT2D eigenvalue weighted by Crippen LogP contribution is 2.21. The summed E-state index contributed by atoms with van der Waals surface area (Å²) < 4.78 is 0. The molecule has 166 valence electrons. The predicted octanol–water partition coefficient (Wildman–Crippen LogP) is 3.60. The van der Waals surface area contributed by atoms with Gasteiger partial charge < -0.3 is 15.7 Å². The molecule has 1 aliphatic rings. The summed E-state index contributed by atoms with van der Waals surface area (Å²) >= 11 is 0. The van der Waals surface area contributed by atoms with Crippen LogP contribution < -0.4 is 10.6 Å². The third kappa shape index (κ3) is 7.81. The van der Waals surface area contributed by atoms with E-state index in [2.05, 4.69) is 31.4 Å². The van der Waals surface area contributed by atoms with Gasteiger partial charge in [0.05, 0.1) is 12.6 Å². The maximum atomic E-state index is 12.8. The zero-order chi connectivity index (χ0) is 22.4. The summed E-state index contributed by atoms with van der Waals surface area (Å²) in [5, 5.41) is 16.5. The van der Waals surface area contributed by atoms with E-state index in [9.17, 15) is 14.7 Å². The Morgan fingerprint density at radius 2 is 1.81 bits per heavy atom. The van der Waals surface area contributed by atoms with E-state index in [4.69, 9.17) is 0 Å². The standard InChI is InChI=1S/C25H33N3O3/c1-25(2,3)17-28(15-22(29)18-8-5-4-6-9-18)16-23(30)26-21-11-7-10-19(14-21)24(31)27-20-12-13-20/h4-11,14,20,22,29H,12-13,15-17H2,1-3H3,(H,26,30)(H,27,31). The molecule has 1 aliphatic carbocycles. The zero-order valence-electron chi connectivity index (χ0n) is 18.6. The summed E-state index contributed by atoms with van der Waals surface area (Å²) in [5.41, 5.74) is 1.93. The molecule has 0 spiro atoms. The third-order valence-electron chi connectivity index (χ3n) is 5.00. The van der Waals surface area contributed by atoms with E-state index < -0.39 is 6.10 Å². The second-order valence-corrected chi connectivity index (χ2v) is 9.53. The summed E-state index contributed by atoms with van der Waals surface area (Å²) in [4.78, 5) is 27.0. The quantitative estimate of drug-likeness (QED) is 0.576. The molecule has 0 radical (unpaired) electrons. The fraction of sp³-hybridized carbons (Fsp3) is 0.440. The molecule has 0 bridgehead atoms. The Bertz CT molecular complexity index is 888. The van der Waals surface area contributed by atoms with Gasteiger partial charge in [-0.05, 0) is 42.0 Å². The molecule has 1 atom stereocenters. The van der Waals surface area contributed by atoms with Gasteiger partial charge in [-0.2, -0.15) is 0 Å². The maximum absolute atomic E-state index is 12.8. The first-order valence-electron chi connectivity index (χ1n) is 10.9. The molecule has 0 saturated heterocycles. The summed E-state index contributed by atoms with van der Waals surface area (Å²) in [5.74, 6) is -0.289. The minimum atomic E-state index is -0.675. The number of carbonyl (C=O) groups is 2. The average molecular weight is 424 g/mol. The fourth-order valence-electron chi connectivity index (χ4n) is 3.52. The fourth-order valence-corrected chi connectivity index (χ4v) is 3.52. The highest BCUT2D eigenvalue weighted by molar-refractivity contribution is 5.97. The molecule has 6 nitrogen and oxygen atoms in total. The SMILES string of the molecule is CC(C)(C)CN(CC(=O)Nc1cccc(C(=O)NC2CC2)c1)CC(O)c1ccccc1. The summed E-state index contributed by atoms with van der Waals surface area (Å²) in [6.45, 7) is 7.49. The number of nitrogens with zero attached hydrogens (tertiary/aromatic N) is 1. The van der Waals surface area contributed by atoms with E-state index in [0.29, 0.717) is 24.3 Å². The molecule has 0 aliphatic heterocycles. The van der Waals surface area contributed by atoms with Crippen LogP contribution in [0.3, 0.4) is 0 Å². The number of aliphatic hydroxyl groups excluding tert-OH is 1. The lowest BCUT2D eigenvalue weighted by atomic mass is 9.95. The van der Waals surface area contributed by atoms with Crippen molar-refractivity contribution in [3.05, 3.63) is 65.7 Å². The molecule has 31 heavy (non-hydrogen) atoms. The van der Waals surface area contributed by atoms with Crippen LogP contribution in [0.15, 0.2) is 54.6 Å². The molecule has 6 heteroatoms. The number of rotatable bonds is 9. The van der Waals surface area contributed by atoms with Gasteiger partial charge in [0.2, 0.25) is 5.91 Å². The first kappa shape index (κ1) is 23.0. The number of anilines is 1. The van der Waals surface area contributed by atoms with E-state index in [1.54, 1.807) is 24.3 Å². The normalized spacial score (nSPS) is 14.9. The number of benzene rings is 2. The summed E-state index contributed by atoms with van der Waals surface area (Å²) in [6.07, 6.45) is 1.38. The molecular weight excluding hydrogens is 390 g/mol. The number of hydrogen-bond donors (Lipinski definition) is 3. The molecule has 3 rings (SSSR count). The molecule has 0 aromatic heterocycles. The van der Waals surface area contributed by atoms with Gasteiger partial charge in [-0.1, -0.05) is 57.2 Å². The predicted molar refractivity (Wildman–Crippen MR) is 123 cm³/mol. The molecule has 2 amide bonds. The lowest BCUT2D eigenvalue weighted by Crippen LogP contribution is -2.41.